The van der Waals surface area contributed by atoms with Gasteiger partial charge in [0, 0.05) is 37.0 Å². The lowest BCUT2D eigenvalue weighted by Crippen LogP contribution is -2.44. The minimum Gasteiger partial charge on any atom is -0.488 e. The number of aromatic nitrogens is 1. The Morgan fingerprint density at radius 1 is 1.16 bits per heavy atom. The van der Waals surface area contributed by atoms with Gasteiger partial charge in [-0.25, -0.2) is 9.78 Å². The highest BCUT2D eigenvalue weighted by Crippen LogP contribution is 2.27. The van der Waals surface area contributed by atoms with Gasteiger partial charge in [0.15, 0.2) is 0 Å². The molecule has 1 fully saturated rings. The molecule has 0 saturated carbocycles. The number of fused-ring (bicyclic) bond motifs is 1. The first-order valence-electron chi connectivity index (χ1n) is 8.83. The van der Waals surface area contributed by atoms with Crippen LogP contribution in [0.5, 0.6) is 5.75 Å². The number of piperidine rings is 1. The molecule has 2 heterocycles. The Balaban J connectivity index is 1.63. The van der Waals surface area contributed by atoms with Gasteiger partial charge in [-0.1, -0.05) is 18.2 Å². The highest BCUT2D eigenvalue weighted by molar-refractivity contribution is 5.84. The van der Waals surface area contributed by atoms with Crippen molar-refractivity contribution in [2.45, 2.75) is 52.2 Å². The Morgan fingerprint density at radius 2 is 1.88 bits per heavy atom. The van der Waals surface area contributed by atoms with Crippen LogP contribution in [0.25, 0.3) is 10.9 Å². The van der Waals surface area contributed by atoms with Crippen molar-refractivity contribution in [3.8, 4) is 5.75 Å². The SMILES string of the molecule is Cc1ccc2cccc(OC3CCN(C(=O)OC(C)(C)C)CC3)c2n1. The molecule has 0 aliphatic carbocycles. The van der Waals surface area contributed by atoms with Gasteiger partial charge in [0.25, 0.3) is 0 Å². The molecule has 1 aromatic heterocycles. The number of likely N-dealkylation sites (tertiary alicyclic amines) is 1. The van der Waals surface area contributed by atoms with E-state index in [4.69, 9.17) is 9.47 Å². The third kappa shape index (κ3) is 4.41. The van der Waals surface area contributed by atoms with Crippen LogP contribution in [0, 0.1) is 6.92 Å². The summed E-state index contributed by atoms with van der Waals surface area (Å²) in [7, 11) is 0. The zero-order chi connectivity index (χ0) is 18.0. The highest BCUT2D eigenvalue weighted by atomic mass is 16.6. The molecule has 0 atom stereocenters. The van der Waals surface area contributed by atoms with Crippen LogP contribution in [0.4, 0.5) is 4.79 Å². The van der Waals surface area contributed by atoms with Crippen molar-refractivity contribution >= 4 is 17.0 Å². The smallest absolute Gasteiger partial charge is 0.410 e. The second-order valence-corrected chi connectivity index (χ2v) is 7.57. The van der Waals surface area contributed by atoms with E-state index in [1.54, 1.807) is 4.90 Å². The van der Waals surface area contributed by atoms with Crippen molar-refractivity contribution in [1.29, 1.82) is 0 Å². The van der Waals surface area contributed by atoms with Crippen LogP contribution in [-0.4, -0.2) is 40.8 Å². The number of benzene rings is 1. The number of carbonyl (C=O) groups is 1. The first-order valence-corrected chi connectivity index (χ1v) is 8.83. The summed E-state index contributed by atoms with van der Waals surface area (Å²) in [5, 5.41) is 1.08. The van der Waals surface area contributed by atoms with E-state index in [0.29, 0.717) is 13.1 Å². The molecule has 5 nitrogen and oxygen atoms in total. The van der Waals surface area contributed by atoms with Gasteiger partial charge in [-0.2, -0.15) is 0 Å². The molecule has 2 aromatic rings. The number of rotatable bonds is 2. The van der Waals surface area contributed by atoms with Crippen molar-refractivity contribution in [2.24, 2.45) is 0 Å². The van der Waals surface area contributed by atoms with E-state index in [0.717, 1.165) is 35.2 Å². The van der Waals surface area contributed by atoms with Crippen molar-refractivity contribution in [1.82, 2.24) is 9.88 Å². The Labute approximate surface area is 148 Å². The van der Waals surface area contributed by atoms with E-state index in [1.165, 1.54) is 0 Å². The van der Waals surface area contributed by atoms with Gasteiger partial charge in [-0.15, -0.1) is 0 Å². The van der Waals surface area contributed by atoms with Gasteiger partial charge in [-0.3, -0.25) is 0 Å². The predicted molar refractivity (Wildman–Crippen MR) is 97.9 cm³/mol. The molecule has 1 aromatic carbocycles. The largest absolute Gasteiger partial charge is 0.488 e. The number of hydrogen-bond donors (Lipinski definition) is 0. The number of amides is 1. The van der Waals surface area contributed by atoms with Crippen molar-refractivity contribution < 1.29 is 14.3 Å². The monoisotopic (exact) mass is 342 g/mol. The lowest BCUT2D eigenvalue weighted by Gasteiger charge is -2.33. The molecule has 0 unspecified atom stereocenters. The molecule has 1 saturated heterocycles. The molecule has 25 heavy (non-hydrogen) atoms. The van der Waals surface area contributed by atoms with E-state index in [2.05, 4.69) is 11.1 Å². The van der Waals surface area contributed by atoms with E-state index < -0.39 is 5.60 Å². The van der Waals surface area contributed by atoms with Gasteiger partial charge in [0.2, 0.25) is 0 Å². The minimum atomic E-state index is -0.461. The lowest BCUT2D eigenvalue weighted by atomic mass is 10.1. The van der Waals surface area contributed by atoms with Crippen LogP contribution in [0.3, 0.4) is 0 Å². The average molecular weight is 342 g/mol. The predicted octanol–water partition coefficient (Wildman–Crippen LogP) is 4.32. The number of para-hydroxylation sites is 1. The first kappa shape index (κ1) is 17.5. The Bertz CT molecular complexity index is 759. The third-order valence-electron chi connectivity index (χ3n) is 4.21. The maximum absolute atomic E-state index is 12.1. The third-order valence-corrected chi connectivity index (χ3v) is 4.21. The highest BCUT2D eigenvalue weighted by Gasteiger charge is 2.27. The molecular formula is C20H26N2O3. The first-order chi connectivity index (χ1) is 11.8. The summed E-state index contributed by atoms with van der Waals surface area (Å²) >= 11 is 0. The van der Waals surface area contributed by atoms with Gasteiger partial charge >= 0.3 is 6.09 Å². The molecule has 5 heteroatoms. The van der Waals surface area contributed by atoms with Crippen LogP contribution in [0.1, 0.15) is 39.3 Å². The molecule has 0 N–H and O–H groups in total. The Kier molecular flexibility index (Phi) is 4.84. The fourth-order valence-corrected chi connectivity index (χ4v) is 2.97. The van der Waals surface area contributed by atoms with Crippen molar-refractivity contribution in [3.05, 3.63) is 36.0 Å². The second kappa shape index (κ2) is 6.90. The Hall–Kier alpha value is -2.30. The minimum absolute atomic E-state index is 0.0894. The summed E-state index contributed by atoms with van der Waals surface area (Å²) in [5.41, 5.74) is 1.41. The van der Waals surface area contributed by atoms with Gasteiger partial charge in [-0.05, 0) is 39.8 Å². The zero-order valence-electron chi connectivity index (χ0n) is 15.4. The van der Waals surface area contributed by atoms with Gasteiger partial charge in [0.05, 0.1) is 0 Å². The normalized spacial score (nSPS) is 16.1. The molecule has 1 aliphatic heterocycles. The number of hydrogen-bond acceptors (Lipinski definition) is 4. The van der Waals surface area contributed by atoms with Crippen LogP contribution in [0.2, 0.25) is 0 Å². The molecule has 1 amide bonds. The number of aryl methyl sites for hydroxylation is 1. The summed E-state index contributed by atoms with van der Waals surface area (Å²) < 4.78 is 11.6. The average Bonchev–Trinajstić information content (AvgIpc) is 2.54. The topological polar surface area (TPSA) is 51.7 Å². The van der Waals surface area contributed by atoms with Crippen molar-refractivity contribution in [3.63, 3.8) is 0 Å². The lowest BCUT2D eigenvalue weighted by molar-refractivity contribution is 0.0127. The number of carbonyl (C=O) groups excluding carboxylic acids is 1. The molecular weight excluding hydrogens is 316 g/mol. The van der Waals surface area contributed by atoms with E-state index >= 15 is 0 Å². The quantitative estimate of drug-likeness (QED) is 0.815. The van der Waals surface area contributed by atoms with Crippen LogP contribution in [0.15, 0.2) is 30.3 Å². The maximum Gasteiger partial charge on any atom is 0.410 e. The van der Waals surface area contributed by atoms with Crippen LogP contribution < -0.4 is 4.74 Å². The standard InChI is InChI=1S/C20H26N2O3/c1-14-8-9-15-6-5-7-17(18(15)21-14)24-16-10-12-22(13-11-16)19(23)25-20(2,3)4/h5-9,16H,10-13H2,1-4H3. The van der Waals surface area contributed by atoms with Gasteiger partial charge < -0.3 is 14.4 Å². The van der Waals surface area contributed by atoms with Crippen LogP contribution >= 0.6 is 0 Å². The number of ether oxygens (including phenoxy) is 2. The summed E-state index contributed by atoms with van der Waals surface area (Å²) in [6.07, 6.45) is 1.43. The number of pyridine rings is 1. The molecule has 134 valence electrons. The summed E-state index contributed by atoms with van der Waals surface area (Å²) in [4.78, 5) is 18.5. The molecule has 1 aliphatic rings. The van der Waals surface area contributed by atoms with E-state index in [-0.39, 0.29) is 12.2 Å². The zero-order valence-corrected chi connectivity index (χ0v) is 15.4. The molecule has 0 radical (unpaired) electrons. The summed E-state index contributed by atoms with van der Waals surface area (Å²) in [6.45, 7) is 8.94. The second-order valence-electron chi connectivity index (χ2n) is 7.57. The van der Waals surface area contributed by atoms with E-state index in [1.807, 2.05) is 52.0 Å². The van der Waals surface area contributed by atoms with Crippen molar-refractivity contribution in [2.75, 3.05) is 13.1 Å². The summed E-state index contributed by atoms with van der Waals surface area (Å²) in [6, 6.07) is 10.1. The fraction of sp³-hybridized carbons (Fsp3) is 0.500. The molecule has 0 spiro atoms. The van der Waals surface area contributed by atoms with Gasteiger partial charge in [0.1, 0.15) is 23.0 Å². The molecule has 0 bridgehead atoms. The van der Waals surface area contributed by atoms with Crippen LogP contribution in [-0.2, 0) is 4.74 Å². The number of nitrogens with zero attached hydrogens (tertiary/aromatic N) is 2. The maximum atomic E-state index is 12.1. The fourth-order valence-electron chi connectivity index (χ4n) is 2.97. The molecule has 3 rings (SSSR count). The summed E-state index contributed by atoms with van der Waals surface area (Å²) in [5.74, 6) is 0.817. The Morgan fingerprint density at radius 3 is 2.56 bits per heavy atom. The van der Waals surface area contributed by atoms with E-state index in [9.17, 15) is 4.79 Å².